The van der Waals surface area contributed by atoms with Gasteiger partial charge in [0.2, 0.25) is 5.95 Å². The summed E-state index contributed by atoms with van der Waals surface area (Å²) in [6.07, 6.45) is 0. The van der Waals surface area contributed by atoms with E-state index in [-0.39, 0.29) is 26.7 Å². The van der Waals surface area contributed by atoms with Crippen molar-refractivity contribution < 1.29 is 8.42 Å². The van der Waals surface area contributed by atoms with E-state index in [9.17, 15) is 8.42 Å². The zero-order valence-corrected chi connectivity index (χ0v) is 12.6. The topological polar surface area (TPSA) is 98.0 Å². The molecule has 0 atom stereocenters. The van der Waals surface area contributed by atoms with E-state index in [2.05, 4.69) is 14.7 Å². The maximum Gasteiger partial charge on any atom is 0.267 e. The van der Waals surface area contributed by atoms with Crippen molar-refractivity contribution in [3.8, 4) is 0 Å². The number of benzene rings is 1. The van der Waals surface area contributed by atoms with Gasteiger partial charge in [-0.2, -0.15) is 0 Å². The first kappa shape index (κ1) is 14.8. The number of aromatic nitrogens is 2. The average molecular weight is 333 g/mol. The first-order valence-electron chi connectivity index (χ1n) is 5.37. The molecule has 0 aliphatic rings. The molecule has 1 aromatic carbocycles. The van der Waals surface area contributed by atoms with Crippen LogP contribution < -0.4 is 10.5 Å². The zero-order valence-electron chi connectivity index (χ0n) is 10.3. The van der Waals surface area contributed by atoms with Crippen LogP contribution in [0.2, 0.25) is 10.2 Å². The number of hydrogen-bond donors (Lipinski definition) is 2. The lowest BCUT2D eigenvalue weighted by atomic mass is 10.3. The van der Waals surface area contributed by atoms with Crippen molar-refractivity contribution in [2.75, 3.05) is 10.5 Å². The Hall–Kier alpha value is -1.57. The second kappa shape index (κ2) is 5.43. The molecule has 1 aromatic heterocycles. The Bertz CT molecular complexity index is 725. The van der Waals surface area contributed by atoms with Crippen molar-refractivity contribution in [1.29, 1.82) is 0 Å². The molecule has 0 fully saturated rings. The normalized spacial score (nSPS) is 11.3. The summed E-state index contributed by atoms with van der Waals surface area (Å²) >= 11 is 11.6. The highest BCUT2D eigenvalue weighted by Gasteiger charge is 2.22. The number of halogens is 2. The third-order valence-electron chi connectivity index (χ3n) is 2.31. The molecule has 0 aliphatic carbocycles. The Morgan fingerprint density at radius 3 is 2.55 bits per heavy atom. The Morgan fingerprint density at radius 2 is 1.95 bits per heavy atom. The average Bonchev–Trinajstić information content (AvgIpc) is 2.25. The SMILES string of the molecule is Cc1cc(Cl)nc(NS(=O)(=O)c2c(N)cccc2Cl)n1. The number of nitrogens with zero attached hydrogens (tertiary/aromatic N) is 2. The second-order valence-electron chi connectivity index (χ2n) is 3.92. The van der Waals surface area contributed by atoms with Gasteiger partial charge in [0.15, 0.2) is 0 Å². The molecule has 2 aromatic rings. The van der Waals surface area contributed by atoms with Crippen molar-refractivity contribution in [2.45, 2.75) is 11.8 Å². The van der Waals surface area contributed by atoms with Crippen LogP contribution in [0.3, 0.4) is 0 Å². The monoisotopic (exact) mass is 332 g/mol. The maximum atomic E-state index is 12.3. The number of sulfonamides is 1. The molecule has 0 radical (unpaired) electrons. The van der Waals surface area contributed by atoms with Crippen LogP contribution in [0.5, 0.6) is 0 Å². The van der Waals surface area contributed by atoms with Crippen LogP contribution in [0.1, 0.15) is 5.69 Å². The summed E-state index contributed by atoms with van der Waals surface area (Å²) in [5, 5.41) is 0.138. The van der Waals surface area contributed by atoms with Crippen molar-refractivity contribution in [3.63, 3.8) is 0 Å². The van der Waals surface area contributed by atoms with Crippen LogP contribution in [0.4, 0.5) is 11.6 Å². The number of nitrogens with one attached hydrogen (secondary N) is 1. The summed E-state index contributed by atoms with van der Waals surface area (Å²) in [6, 6.07) is 5.92. The van der Waals surface area contributed by atoms with Crippen LogP contribution in [-0.2, 0) is 10.0 Å². The number of hydrogen-bond acceptors (Lipinski definition) is 5. The molecular formula is C11H10Cl2N4O2S. The maximum absolute atomic E-state index is 12.3. The fourth-order valence-corrected chi connectivity index (χ4v) is 3.42. The van der Waals surface area contributed by atoms with Crippen molar-refractivity contribution in [2.24, 2.45) is 0 Å². The van der Waals surface area contributed by atoms with Crippen LogP contribution in [-0.4, -0.2) is 18.4 Å². The Morgan fingerprint density at radius 1 is 1.25 bits per heavy atom. The molecule has 0 bridgehead atoms. The predicted octanol–water partition coefficient (Wildman–Crippen LogP) is 2.47. The van der Waals surface area contributed by atoms with Gasteiger partial charge in [0, 0.05) is 5.69 Å². The molecule has 0 saturated heterocycles. The van der Waals surface area contributed by atoms with Crippen molar-refractivity contribution in [3.05, 3.63) is 40.1 Å². The van der Waals surface area contributed by atoms with Gasteiger partial charge >= 0.3 is 0 Å². The Kier molecular flexibility index (Phi) is 4.03. The molecule has 0 saturated carbocycles. The van der Waals surface area contributed by atoms with Gasteiger partial charge in [-0.05, 0) is 25.1 Å². The van der Waals surface area contributed by atoms with Gasteiger partial charge in [0.05, 0.1) is 10.7 Å². The third-order valence-corrected chi connectivity index (χ3v) is 4.38. The number of nitrogens with two attached hydrogens (primary N) is 1. The minimum atomic E-state index is -4.00. The summed E-state index contributed by atoms with van der Waals surface area (Å²) in [7, 11) is -4.00. The predicted molar refractivity (Wildman–Crippen MR) is 78.5 cm³/mol. The number of nitrogen functional groups attached to an aromatic ring is 1. The van der Waals surface area contributed by atoms with Crippen molar-refractivity contribution in [1.82, 2.24) is 9.97 Å². The summed E-state index contributed by atoms with van der Waals surface area (Å²) in [5.41, 5.74) is 6.20. The molecule has 0 spiro atoms. The lowest BCUT2D eigenvalue weighted by Gasteiger charge is -2.10. The van der Waals surface area contributed by atoms with Crippen LogP contribution in [0.15, 0.2) is 29.2 Å². The molecule has 0 unspecified atom stereocenters. The van der Waals surface area contributed by atoms with Gasteiger partial charge in [-0.1, -0.05) is 29.3 Å². The molecule has 106 valence electrons. The second-order valence-corrected chi connectivity index (χ2v) is 6.33. The number of rotatable bonds is 3. The summed E-state index contributed by atoms with van der Waals surface area (Å²) in [5.74, 6) is -0.144. The molecule has 9 heteroatoms. The molecular weight excluding hydrogens is 323 g/mol. The minimum absolute atomic E-state index is 0.0104. The first-order valence-corrected chi connectivity index (χ1v) is 7.61. The van der Waals surface area contributed by atoms with E-state index < -0.39 is 10.0 Å². The molecule has 20 heavy (non-hydrogen) atoms. The highest BCUT2D eigenvalue weighted by molar-refractivity contribution is 7.93. The van der Waals surface area contributed by atoms with E-state index in [0.29, 0.717) is 5.69 Å². The van der Waals surface area contributed by atoms with Crippen molar-refractivity contribution >= 4 is 44.9 Å². The van der Waals surface area contributed by atoms with E-state index in [1.54, 1.807) is 13.0 Å². The molecule has 0 amide bonds. The zero-order chi connectivity index (χ0) is 14.9. The molecule has 6 nitrogen and oxygen atoms in total. The van der Waals surface area contributed by atoms with Gasteiger partial charge in [-0.25, -0.2) is 23.1 Å². The van der Waals surface area contributed by atoms with E-state index in [0.717, 1.165) is 0 Å². The van der Waals surface area contributed by atoms with Gasteiger partial charge in [-0.3, -0.25) is 0 Å². The third kappa shape index (κ3) is 3.12. The Balaban J connectivity index is 2.46. The fraction of sp³-hybridized carbons (Fsp3) is 0.0909. The quantitative estimate of drug-likeness (QED) is 0.664. The molecule has 0 aliphatic heterocycles. The van der Waals surface area contributed by atoms with Gasteiger partial charge < -0.3 is 5.73 Å². The van der Waals surface area contributed by atoms with Gasteiger partial charge in [0.25, 0.3) is 10.0 Å². The van der Waals surface area contributed by atoms with Crippen LogP contribution in [0, 0.1) is 6.92 Å². The summed E-state index contributed by atoms with van der Waals surface area (Å²) < 4.78 is 26.7. The molecule has 1 heterocycles. The van der Waals surface area contributed by atoms with Gasteiger partial charge in [0.1, 0.15) is 10.0 Å². The molecule has 2 rings (SSSR count). The number of anilines is 2. The van der Waals surface area contributed by atoms with Gasteiger partial charge in [-0.15, -0.1) is 0 Å². The van der Waals surface area contributed by atoms with E-state index in [1.807, 2.05) is 0 Å². The summed E-state index contributed by atoms with van der Waals surface area (Å²) in [6.45, 7) is 1.66. The minimum Gasteiger partial charge on any atom is -0.398 e. The highest BCUT2D eigenvalue weighted by Crippen LogP contribution is 2.28. The molecule has 3 N–H and O–H groups in total. The lowest BCUT2D eigenvalue weighted by Crippen LogP contribution is -2.17. The van der Waals surface area contributed by atoms with Crippen LogP contribution >= 0.6 is 23.2 Å². The highest BCUT2D eigenvalue weighted by atomic mass is 35.5. The summed E-state index contributed by atoms with van der Waals surface area (Å²) in [4.78, 5) is 7.50. The van der Waals surface area contributed by atoms with E-state index in [4.69, 9.17) is 28.9 Å². The van der Waals surface area contributed by atoms with E-state index >= 15 is 0 Å². The largest absolute Gasteiger partial charge is 0.398 e. The van der Waals surface area contributed by atoms with Crippen LogP contribution in [0.25, 0.3) is 0 Å². The first-order chi connectivity index (χ1) is 9.29. The standard InChI is InChI=1S/C11H10Cl2N4O2S/c1-6-5-9(13)16-11(15-6)17-20(18,19)10-7(12)3-2-4-8(10)14/h2-5H,14H2,1H3,(H,15,16,17). The lowest BCUT2D eigenvalue weighted by molar-refractivity contribution is 0.601. The number of aryl methyl sites for hydroxylation is 1. The fourth-order valence-electron chi connectivity index (χ4n) is 1.56. The Labute approximate surface area is 126 Å². The van der Waals surface area contributed by atoms with E-state index in [1.165, 1.54) is 18.2 Å². The smallest absolute Gasteiger partial charge is 0.267 e.